The Balaban J connectivity index is 2.04. The molecule has 1 saturated carbocycles. The first-order valence-corrected chi connectivity index (χ1v) is 7.89. The van der Waals surface area contributed by atoms with Crippen molar-refractivity contribution in [2.75, 3.05) is 19.8 Å². The SMILES string of the molecule is CCOC(CN1C(=O)NC2(CCC(C)CC2)C1=O)OCC. The van der Waals surface area contributed by atoms with Gasteiger partial charge in [0, 0.05) is 13.2 Å². The van der Waals surface area contributed by atoms with E-state index in [1.807, 2.05) is 13.8 Å². The number of carbonyl (C=O) groups is 2. The third-order valence-electron chi connectivity index (χ3n) is 4.41. The number of rotatable bonds is 6. The Morgan fingerprint density at radius 3 is 2.33 bits per heavy atom. The van der Waals surface area contributed by atoms with Gasteiger partial charge in [-0.15, -0.1) is 0 Å². The molecule has 1 aliphatic carbocycles. The molecule has 1 aliphatic heterocycles. The molecule has 1 saturated heterocycles. The minimum atomic E-state index is -0.688. The lowest BCUT2D eigenvalue weighted by molar-refractivity contribution is -0.154. The van der Waals surface area contributed by atoms with Gasteiger partial charge in [0.25, 0.3) is 5.91 Å². The molecule has 21 heavy (non-hydrogen) atoms. The van der Waals surface area contributed by atoms with E-state index in [-0.39, 0.29) is 18.5 Å². The number of hydrogen-bond acceptors (Lipinski definition) is 4. The van der Waals surface area contributed by atoms with Gasteiger partial charge >= 0.3 is 6.03 Å². The van der Waals surface area contributed by atoms with Gasteiger partial charge in [-0.05, 0) is 45.4 Å². The van der Waals surface area contributed by atoms with Crippen LogP contribution in [0.3, 0.4) is 0 Å². The quantitative estimate of drug-likeness (QED) is 0.600. The van der Waals surface area contributed by atoms with E-state index in [2.05, 4.69) is 12.2 Å². The number of ether oxygens (including phenoxy) is 2. The van der Waals surface area contributed by atoms with Crippen LogP contribution >= 0.6 is 0 Å². The fraction of sp³-hybridized carbons (Fsp3) is 0.867. The zero-order chi connectivity index (χ0) is 15.5. The Morgan fingerprint density at radius 2 is 1.81 bits per heavy atom. The molecule has 3 amide bonds. The summed E-state index contributed by atoms with van der Waals surface area (Å²) in [6.45, 7) is 7.04. The van der Waals surface area contributed by atoms with Crippen LogP contribution in [-0.4, -0.2) is 48.4 Å². The summed E-state index contributed by atoms with van der Waals surface area (Å²) in [4.78, 5) is 26.1. The van der Waals surface area contributed by atoms with Crippen LogP contribution in [0.5, 0.6) is 0 Å². The topological polar surface area (TPSA) is 67.9 Å². The summed E-state index contributed by atoms with van der Waals surface area (Å²) in [6.07, 6.45) is 2.85. The van der Waals surface area contributed by atoms with Crippen LogP contribution in [0.4, 0.5) is 4.79 Å². The van der Waals surface area contributed by atoms with Gasteiger partial charge in [-0.3, -0.25) is 9.69 Å². The predicted octanol–water partition coefficient (Wildman–Crippen LogP) is 1.89. The average Bonchev–Trinajstić information content (AvgIpc) is 2.68. The molecule has 1 heterocycles. The van der Waals surface area contributed by atoms with Gasteiger partial charge < -0.3 is 14.8 Å². The molecule has 0 radical (unpaired) electrons. The second-order valence-electron chi connectivity index (χ2n) is 5.95. The van der Waals surface area contributed by atoms with Gasteiger partial charge in [-0.25, -0.2) is 4.79 Å². The first kappa shape index (κ1) is 16.2. The molecule has 0 aromatic carbocycles. The molecule has 0 unspecified atom stereocenters. The summed E-state index contributed by atoms with van der Waals surface area (Å²) in [5, 5.41) is 2.91. The van der Waals surface area contributed by atoms with Crippen LogP contribution < -0.4 is 5.32 Å². The van der Waals surface area contributed by atoms with Crippen molar-refractivity contribution in [3.8, 4) is 0 Å². The molecular formula is C15H26N2O4. The second-order valence-corrected chi connectivity index (χ2v) is 5.95. The molecule has 0 aromatic heterocycles. The Kier molecular flexibility index (Phi) is 5.22. The maximum Gasteiger partial charge on any atom is 0.325 e. The van der Waals surface area contributed by atoms with Crippen molar-refractivity contribution in [1.29, 1.82) is 0 Å². The number of amides is 3. The van der Waals surface area contributed by atoms with Crippen molar-refractivity contribution in [1.82, 2.24) is 10.2 Å². The Hall–Kier alpha value is -1.14. The van der Waals surface area contributed by atoms with Crippen LogP contribution in [0.25, 0.3) is 0 Å². The maximum atomic E-state index is 12.7. The summed E-state index contributed by atoms with van der Waals surface area (Å²) in [5.74, 6) is 0.498. The number of urea groups is 1. The number of nitrogens with zero attached hydrogens (tertiary/aromatic N) is 1. The molecule has 6 heteroatoms. The summed E-state index contributed by atoms with van der Waals surface area (Å²) in [6, 6.07) is -0.320. The van der Waals surface area contributed by atoms with E-state index >= 15 is 0 Å². The van der Waals surface area contributed by atoms with Crippen LogP contribution in [-0.2, 0) is 14.3 Å². The van der Waals surface area contributed by atoms with Crippen LogP contribution in [0.15, 0.2) is 0 Å². The molecule has 2 aliphatic rings. The van der Waals surface area contributed by atoms with E-state index < -0.39 is 11.8 Å². The van der Waals surface area contributed by atoms with Gasteiger partial charge in [0.05, 0.1) is 6.54 Å². The van der Waals surface area contributed by atoms with E-state index in [9.17, 15) is 9.59 Å². The zero-order valence-corrected chi connectivity index (χ0v) is 13.2. The van der Waals surface area contributed by atoms with Crippen molar-refractivity contribution in [3.63, 3.8) is 0 Å². The van der Waals surface area contributed by atoms with Crippen LogP contribution in [0, 0.1) is 5.92 Å². The Bertz CT molecular complexity index is 385. The van der Waals surface area contributed by atoms with Gasteiger partial charge in [0.2, 0.25) is 0 Å². The number of carbonyl (C=O) groups excluding carboxylic acids is 2. The van der Waals surface area contributed by atoms with Crippen molar-refractivity contribution in [2.24, 2.45) is 5.92 Å². The Morgan fingerprint density at radius 1 is 1.24 bits per heavy atom. The largest absolute Gasteiger partial charge is 0.351 e. The molecule has 6 nitrogen and oxygen atoms in total. The molecule has 0 atom stereocenters. The molecule has 2 fully saturated rings. The number of imide groups is 1. The highest BCUT2D eigenvalue weighted by atomic mass is 16.7. The van der Waals surface area contributed by atoms with Crippen molar-refractivity contribution >= 4 is 11.9 Å². The Labute approximate surface area is 126 Å². The molecule has 0 bridgehead atoms. The summed E-state index contributed by atoms with van der Waals surface area (Å²) < 4.78 is 10.9. The highest BCUT2D eigenvalue weighted by Gasteiger charge is 2.52. The summed E-state index contributed by atoms with van der Waals surface area (Å²) in [7, 11) is 0. The zero-order valence-electron chi connectivity index (χ0n) is 13.2. The smallest absolute Gasteiger partial charge is 0.325 e. The van der Waals surface area contributed by atoms with Crippen molar-refractivity contribution < 1.29 is 19.1 Å². The highest BCUT2D eigenvalue weighted by Crippen LogP contribution is 2.36. The summed E-state index contributed by atoms with van der Waals surface area (Å²) in [5.41, 5.74) is -0.688. The monoisotopic (exact) mass is 298 g/mol. The maximum absolute atomic E-state index is 12.7. The molecule has 1 N–H and O–H groups in total. The highest BCUT2D eigenvalue weighted by molar-refractivity contribution is 6.07. The summed E-state index contributed by atoms with van der Waals surface area (Å²) >= 11 is 0. The average molecular weight is 298 g/mol. The minimum Gasteiger partial charge on any atom is -0.351 e. The fourth-order valence-electron chi connectivity index (χ4n) is 3.11. The lowest BCUT2D eigenvalue weighted by Gasteiger charge is -2.33. The van der Waals surface area contributed by atoms with E-state index in [4.69, 9.17) is 9.47 Å². The van der Waals surface area contributed by atoms with Gasteiger partial charge in [-0.2, -0.15) is 0 Å². The van der Waals surface area contributed by atoms with E-state index in [1.54, 1.807) is 0 Å². The molecular weight excluding hydrogens is 272 g/mol. The fourth-order valence-corrected chi connectivity index (χ4v) is 3.11. The van der Waals surface area contributed by atoms with Crippen LogP contribution in [0.1, 0.15) is 46.5 Å². The second kappa shape index (κ2) is 6.75. The van der Waals surface area contributed by atoms with E-state index in [0.717, 1.165) is 25.7 Å². The van der Waals surface area contributed by atoms with E-state index in [0.29, 0.717) is 19.1 Å². The first-order chi connectivity index (χ1) is 10.0. The first-order valence-electron chi connectivity index (χ1n) is 7.89. The third kappa shape index (κ3) is 3.37. The van der Waals surface area contributed by atoms with Gasteiger partial charge in [-0.1, -0.05) is 6.92 Å². The standard InChI is InChI=1S/C15H26N2O4/c1-4-20-12(21-5-2)10-17-13(18)15(16-14(17)19)8-6-11(3)7-9-15/h11-12H,4-10H2,1-3H3,(H,16,19). The lowest BCUT2D eigenvalue weighted by atomic mass is 9.77. The van der Waals surface area contributed by atoms with Crippen molar-refractivity contribution in [2.45, 2.75) is 58.3 Å². The van der Waals surface area contributed by atoms with Crippen molar-refractivity contribution in [3.05, 3.63) is 0 Å². The van der Waals surface area contributed by atoms with Gasteiger partial charge in [0.15, 0.2) is 6.29 Å². The normalized spacial score (nSPS) is 29.5. The van der Waals surface area contributed by atoms with Gasteiger partial charge in [0.1, 0.15) is 5.54 Å². The predicted molar refractivity (Wildman–Crippen MR) is 77.6 cm³/mol. The minimum absolute atomic E-state index is 0.121. The number of hydrogen-bond donors (Lipinski definition) is 1. The van der Waals surface area contributed by atoms with Crippen LogP contribution in [0.2, 0.25) is 0 Å². The molecule has 1 spiro atoms. The lowest BCUT2D eigenvalue weighted by Crippen LogP contribution is -2.49. The molecule has 120 valence electrons. The molecule has 0 aromatic rings. The number of nitrogens with one attached hydrogen (secondary N) is 1. The third-order valence-corrected chi connectivity index (χ3v) is 4.41. The molecule has 2 rings (SSSR count). The van der Waals surface area contributed by atoms with E-state index in [1.165, 1.54) is 4.90 Å².